The maximum Gasteiger partial charge on any atom is 0.388 e. The van der Waals surface area contributed by atoms with Gasteiger partial charge in [-0.2, -0.15) is 10.5 Å². The highest BCUT2D eigenvalue weighted by Gasteiger charge is 2.17. The molecule has 2 aliphatic carbocycles. The van der Waals surface area contributed by atoms with Crippen LogP contribution in [0.25, 0.3) is 0 Å². The fourth-order valence-corrected chi connectivity index (χ4v) is 2.96. The van der Waals surface area contributed by atoms with Gasteiger partial charge in [-0.25, -0.2) is 0 Å². The van der Waals surface area contributed by atoms with Crippen LogP contribution in [0.4, 0.5) is 0 Å². The fraction of sp³-hybridized carbons (Fsp3) is 0.800. The molecule has 0 aromatic heterocycles. The third kappa shape index (κ3) is 5.65. The zero-order valence-corrected chi connectivity index (χ0v) is 13.9. The highest BCUT2D eigenvalue weighted by molar-refractivity contribution is 5.88. The first-order chi connectivity index (χ1) is 9.66. The first-order valence-electron chi connectivity index (χ1n) is 7.94. The molecule has 120 valence electrons. The lowest BCUT2D eigenvalue weighted by Gasteiger charge is -2.19. The van der Waals surface area contributed by atoms with Crippen molar-refractivity contribution >= 4 is 17.4 Å². The number of rotatable bonds is 2. The summed E-state index contributed by atoms with van der Waals surface area (Å²) < 4.78 is 0. The van der Waals surface area contributed by atoms with Gasteiger partial charge >= 0.3 is 5.96 Å². The van der Waals surface area contributed by atoms with Gasteiger partial charge in [0.25, 0.3) is 0 Å². The Hall–Kier alpha value is -1.10. The zero-order chi connectivity index (χ0) is 14.4. The molecule has 0 spiro atoms. The number of guanidine groups is 1. The van der Waals surface area contributed by atoms with Crippen LogP contribution in [0.15, 0.2) is 10.2 Å². The minimum atomic E-state index is 0. The standard InChI is InChI=1S/C15H27N5.ClH/c1-11-7-3-5-9-13(11)17-19-15(16)20-18-14-10-6-4-8-12(14)2;/h11-12H,3-10H2,1-2H3,(H3,16,19,20);1H/b17-13-,18-14-;. The lowest BCUT2D eigenvalue weighted by Crippen LogP contribution is -3.00. The number of nitrogens with zero attached hydrogens (tertiary/aromatic N) is 2. The van der Waals surface area contributed by atoms with Crippen molar-refractivity contribution in [3.05, 3.63) is 0 Å². The summed E-state index contributed by atoms with van der Waals surface area (Å²) in [7, 11) is 0. The molecule has 2 saturated carbocycles. The van der Waals surface area contributed by atoms with Crippen molar-refractivity contribution in [2.75, 3.05) is 0 Å². The Morgan fingerprint density at radius 2 is 1.62 bits per heavy atom. The minimum Gasteiger partial charge on any atom is -1.00 e. The Bertz CT molecular complexity index is 416. The molecule has 6 heteroatoms. The number of hydrazone groups is 2. The Balaban J connectivity index is 0.00000220. The molecule has 2 rings (SSSR count). The van der Waals surface area contributed by atoms with E-state index in [1.54, 1.807) is 0 Å². The SMILES string of the molecule is CC1CCCC/C1=N/N/C(N)=[NH+]/N=C1/CCCCC1C.[Cl-]. The van der Waals surface area contributed by atoms with E-state index in [9.17, 15) is 0 Å². The molecule has 0 saturated heterocycles. The van der Waals surface area contributed by atoms with Gasteiger partial charge in [-0.05, 0) is 50.4 Å². The topological polar surface area (TPSA) is 76.7 Å². The highest BCUT2D eigenvalue weighted by Crippen LogP contribution is 2.21. The molecule has 2 atom stereocenters. The van der Waals surface area contributed by atoms with Crippen LogP contribution in [-0.2, 0) is 0 Å². The smallest absolute Gasteiger partial charge is 0.388 e. The van der Waals surface area contributed by atoms with Gasteiger partial charge in [0.15, 0.2) is 0 Å². The van der Waals surface area contributed by atoms with Gasteiger partial charge in [0, 0.05) is 0 Å². The second-order valence-corrected chi connectivity index (χ2v) is 6.14. The van der Waals surface area contributed by atoms with Crippen LogP contribution >= 0.6 is 0 Å². The van der Waals surface area contributed by atoms with Crippen molar-refractivity contribution in [3.63, 3.8) is 0 Å². The molecule has 0 aliphatic heterocycles. The molecule has 0 aromatic rings. The van der Waals surface area contributed by atoms with Crippen LogP contribution in [0.5, 0.6) is 0 Å². The molecular weight excluding hydrogens is 286 g/mol. The lowest BCUT2D eigenvalue weighted by molar-refractivity contribution is -0.466. The van der Waals surface area contributed by atoms with Gasteiger partial charge in [0.05, 0.1) is 11.4 Å². The number of halogens is 1. The quantitative estimate of drug-likeness (QED) is 0.317. The second kappa shape index (κ2) is 9.03. The first kappa shape index (κ1) is 18.0. The van der Waals surface area contributed by atoms with Crippen LogP contribution in [0, 0.1) is 11.8 Å². The molecule has 0 radical (unpaired) electrons. The van der Waals surface area contributed by atoms with E-state index < -0.39 is 0 Å². The van der Waals surface area contributed by atoms with E-state index in [4.69, 9.17) is 5.73 Å². The minimum absolute atomic E-state index is 0. The summed E-state index contributed by atoms with van der Waals surface area (Å²) in [6.45, 7) is 4.46. The summed E-state index contributed by atoms with van der Waals surface area (Å²) in [5.74, 6) is 1.54. The number of hydrogen-bond donors (Lipinski definition) is 3. The van der Waals surface area contributed by atoms with Crippen LogP contribution in [0.3, 0.4) is 0 Å². The molecule has 2 fully saturated rings. The van der Waals surface area contributed by atoms with E-state index in [1.165, 1.54) is 49.9 Å². The first-order valence-corrected chi connectivity index (χ1v) is 7.94. The van der Waals surface area contributed by atoms with Gasteiger partial charge in [-0.3, -0.25) is 5.73 Å². The summed E-state index contributed by atoms with van der Waals surface area (Å²) in [5.41, 5.74) is 11.2. The molecule has 0 amide bonds. The predicted octanol–water partition coefficient (Wildman–Crippen LogP) is -1.89. The maximum atomic E-state index is 5.88. The van der Waals surface area contributed by atoms with Crippen molar-refractivity contribution in [1.82, 2.24) is 5.43 Å². The molecule has 4 N–H and O–H groups in total. The van der Waals surface area contributed by atoms with Crippen molar-refractivity contribution < 1.29 is 17.5 Å². The predicted molar refractivity (Wildman–Crippen MR) is 83.4 cm³/mol. The summed E-state index contributed by atoms with van der Waals surface area (Å²) >= 11 is 0. The summed E-state index contributed by atoms with van der Waals surface area (Å²) in [5, 5.41) is 11.7. The monoisotopic (exact) mass is 313 g/mol. The van der Waals surface area contributed by atoms with Gasteiger partial charge in [-0.15, -0.1) is 10.2 Å². The van der Waals surface area contributed by atoms with Crippen molar-refractivity contribution in [2.45, 2.75) is 65.2 Å². The molecule has 0 heterocycles. The third-order valence-corrected chi connectivity index (χ3v) is 4.42. The molecule has 2 aliphatic rings. The van der Waals surface area contributed by atoms with Gasteiger partial charge < -0.3 is 12.4 Å². The second-order valence-electron chi connectivity index (χ2n) is 6.14. The van der Waals surface area contributed by atoms with E-state index in [2.05, 4.69) is 34.6 Å². The molecule has 5 nitrogen and oxygen atoms in total. The normalized spacial score (nSPS) is 31.0. The van der Waals surface area contributed by atoms with E-state index >= 15 is 0 Å². The van der Waals surface area contributed by atoms with E-state index in [0.29, 0.717) is 17.8 Å². The number of nitrogens with two attached hydrogens (primary N) is 1. The van der Waals surface area contributed by atoms with E-state index in [1.807, 2.05) is 0 Å². The van der Waals surface area contributed by atoms with Crippen LogP contribution in [0.2, 0.25) is 0 Å². The Morgan fingerprint density at radius 3 is 2.19 bits per heavy atom. The Labute approximate surface area is 134 Å². The highest BCUT2D eigenvalue weighted by atomic mass is 35.5. The van der Waals surface area contributed by atoms with Gasteiger partial charge in [0.1, 0.15) is 0 Å². The van der Waals surface area contributed by atoms with Crippen LogP contribution < -0.4 is 28.7 Å². The average molecular weight is 314 g/mol. The Kier molecular flexibility index (Phi) is 7.72. The summed E-state index contributed by atoms with van der Waals surface area (Å²) in [6.07, 6.45) is 9.70. The summed E-state index contributed by atoms with van der Waals surface area (Å²) in [6, 6.07) is 0. The van der Waals surface area contributed by atoms with Crippen molar-refractivity contribution in [2.24, 2.45) is 27.8 Å². The molecule has 2 unspecified atom stereocenters. The van der Waals surface area contributed by atoms with Crippen molar-refractivity contribution in [1.29, 1.82) is 0 Å². The van der Waals surface area contributed by atoms with Crippen molar-refractivity contribution in [3.8, 4) is 0 Å². The fourth-order valence-electron chi connectivity index (χ4n) is 2.96. The maximum absolute atomic E-state index is 5.88. The lowest BCUT2D eigenvalue weighted by atomic mass is 9.89. The number of nitrogens with one attached hydrogen (secondary N) is 2. The molecular formula is C15H28ClN5. The van der Waals surface area contributed by atoms with Crippen LogP contribution in [-0.4, -0.2) is 17.4 Å². The zero-order valence-electron chi connectivity index (χ0n) is 13.2. The van der Waals surface area contributed by atoms with Gasteiger partial charge in [0.2, 0.25) is 0 Å². The number of hydrogen-bond acceptors (Lipinski definition) is 2. The third-order valence-electron chi connectivity index (χ3n) is 4.42. The van der Waals surface area contributed by atoms with Crippen LogP contribution in [0.1, 0.15) is 65.2 Å². The average Bonchev–Trinajstić information content (AvgIpc) is 2.45. The largest absolute Gasteiger partial charge is 1.00 e. The van der Waals surface area contributed by atoms with E-state index in [0.717, 1.165) is 12.8 Å². The van der Waals surface area contributed by atoms with Gasteiger partial charge in [-0.1, -0.05) is 26.7 Å². The Morgan fingerprint density at radius 1 is 1.05 bits per heavy atom. The molecule has 21 heavy (non-hydrogen) atoms. The summed E-state index contributed by atoms with van der Waals surface area (Å²) in [4.78, 5) is 0. The molecule has 0 aromatic carbocycles. The molecule has 0 bridgehead atoms. The van der Waals surface area contributed by atoms with E-state index in [-0.39, 0.29) is 12.4 Å².